The first-order chi connectivity index (χ1) is 15.3. The molecule has 3 aromatic rings. The minimum Gasteiger partial charge on any atom is -0.370 e. The predicted octanol–water partition coefficient (Wildman–Crippen LogP) is 5.10. The van der Waals surface area contributed by atoms with Crippen molar-refractivity contribution in [2.75, 3.05) is 19.0 Å². The molecule has 0 N–H and O–H groups in total. The molecule has 4 rings (SSSR count). The molecule has 8 heteroatoms. The van der Waals surface area contributed by atoms with Gasteiger partial charge in [-0.1, -0.05) is 23.9 Å². The average Bonchev–Trinajstić information content (AvgIpc) is 3.09. The van der Waals surface area contributed by atoms with Crippen LogP contribution in [0.15, 0.2) is 34.2 Å². The van der Waals surface area contributed by atoms with Crippen LogP contribution in [0.3, 0.4) is 0 Å². The monoisotopic (exact) mass is 474 g/mol. The molecular formula is C24H30N2O4S2. The molecule has 2 aromatic heterocycles. The number of rotatable bonds is 8. The summed E-state index contributed by atoms with van der Waals surface area (Å²) in [5.41, 5.74) is 2.68. The second kappa shape index (κ2) is 9.65. The van der Waals surface area contributed by atoms with Crippen molar-refractivity contribution in [1.29, 1.82) is 0 Å². The van der Waals surface area contributed by atoms with Crippen LogP contribution in [-0.4, -0.2) is 40.4 Å². The lowest BCUT2D eigenvalue weighted by atomic mass is 9.94. The smallest absolute Gasteiger partial charge is 0.267 e. The van der Waals surface area contributed by atoms with Crippen LogP contribution in [0.5, 0.6) is 0 Å². The topological polar surface area (TPSA) is 62.6 Å². The maximum Gasteiger partial charge on any atom is 0.267 e. The standard InChI is InChI=1S/C24H30N2O4S2/c1-6-28-19(29-7-2)14-31-23-25-21-20(17-12-24(4,5)30-13-18(17)32-21)22(27)26(23)16-10-8-9-15(3)11-16/h8-11,19H,6-7,12-14H2,1-5H3. The fraction of sp³-hybridized carbons (Fsp3) is 0.500. The second-order valence-corrected chi connectivity index (χ2v) is 10.5. The van der Waals surface area contributed by atoms with Crippen LogP contribution < -0.4 is 5.56 Å². The van der Waals surface area contributed by atoms with Crippen molar-refractivity contribution >= 4 is 33.3 Å². The van der Waals surface area contributed by atoms with E-state index in [0.29, 0.717) is 37.2 Å². The van der Waals surface area contributed by atoms with E-state index < -0.39 is 0 Å². The summed E-state index contributed by atoms with van der Waals surface area (Å²) in [4.78, 5) is 20.8. The Morgan fingerprint density at radius 1 is 1.28 bits per heavy atom. The minimum absolute atomic E-state index is 0.0253. The summed E-state index contributed by atoms with van der Waals surface area (Å²) >= 11 is 3.05. The maximum absolute atomic E-state index is 13.9. The summed E-state index contributed by atoms with van der Waals surface area (Å²) in [7, 11) is 0. The molecular weight excluding hydrogens is 444 g/mol. The molecule has 1 aromatic carbocycles. The first-order valence-electron chi connectivity index (χ1n) is 11.0. The van der Waals surface area contributed by atoms with Gasteiger partial charge in [-0.2, -0.15) is 0 Å². The Labute approximate surface area is 196 Å². The number of aromatic nitrogens is 2. The molecule has 6 nitrogen and oxygen atoms in total. The number of thiophene rings is 1. The van der Waals surface area contributed by atoms with Crippen LogP contribution in [0, 0.1) is 6.92 Å². The Kier molecular flexibility index (Phi) is 7.07. The van der Waals surface area contributed by atoms with Crippen molar-refractivity contribution in [3.63, 3.8) is 0 Å². The Balaban J connectivity index is 1.85. The van der Waals surface area contributed by atoms with E-state index in [4.69, 9.17) is 19.2 Å². The molecule has 0 bridgehead atoms. The third-order valence-corrected chi connectivity index (χ3v) is 7.46. The quantitative estimate of drug-likeness (QED) is 0.257. The lowest BCUT2D eigenvalue weighted by molar-refractivity contribution is -0.120. The summed E-state index contributed by atoms with van der Waals surface area (Å²) in [5.74, 6) is 0.548. The molecule has 0 aliphatic carbocycles. The zero-order chi connectivity index (χ0) is 22.9. The van der Waals surface area contributed by atoms with Crippen LogP contribution in [0.2, 0.25) is 0 Å². The Hall–Kier alpha value is -1.71. The van der Waals surface area contributed by atoms with E-state index in [1.807, 2.05) is 45.0 Å². The van der Waals surface area contributed by atoms with E-state index in [9.17, 15) is 4.79 Å². The number of benzene rings is 1. The zero-order valence-electron chi connectivity index (χ0n) is 19.3. The largest absolute Gasteiger partial charge is 0.370 e. The highest BCUT2D eigenvalue weighted by atomic mass is 32.2. The molecule has 1 aliphatic heterocycles. The van der Waals surface area contributed by atoms with Crippen molar-refractivity contribution in [3.8, 4) is 5.69 Å². The molecule has 1 aliphatic rings. The van der Waals surface area contributed by atoms with Gasteiger partial charge in [0.1, 0.15) is 4.83 Å². The number of hydrogen-bond donors (Lipinski definition) is 0. The van der Waals surface area contributed by atoms with Gasteiger partial charge in [-0.05, 0) is 57.9 Å². The number of thioether (sulfide) groups is 1. The predicted molar refractivity (Wildman–Crippen MR) is 130 cm³/mol. The normalized spacial score (nSPS) is 15.4. The summed E-state index contributed by atoms with van der Waals surface area (Å²) in [6.45, 7) is 11.7. The van der Waals surface area contributed by atoms with Gasteiger partial charge in [0.25, 0.3) is 5.56 Å². The van der Waals surface area contributed by atoms with Crippen LogP contribution in [0.4, 0.5) is 0 Å². The molecule has 0 fully saturated rings. The van der Waals surface area contributed by atoms with Crippen molar-refractivity contribution in [2.45, 2.75) is 64.7 Å². The van der Waals surface area contributed by atoms with Crippen molar-refractivity contribution in [2.24, 2.45) is 0 Å². The fourth-order valence-corrected chi connectivity index (χ4v) is 6.03. The third-order valence-electron chi connectivity index (χ3n) is 5.39. The minimum atomic E-state index is -0.348. The second-order valence-electron chi connectivity index (χ2n) is 8.43. The number of hydrogen-bond acceptors (Lipinski definition) is 7. The van der Waals surface area contributed by atoms with Gasteiger partial charge in [0.15, 0.2) is 11.4 Å². The highest BCUT2D eigenvalue weighted by Gasteiger charge is 2.31. The van der Waals surface area contributed by atoms with Crippen molar-refractivity contribution in [3.05, 3.63) is 50.6 Å². The van der Waals surface area contributed by atoms with E-state index in [0.717, 1.165) is 31.9 Å². The van der Waals surface area contributed by atoms with E-state index in [1.54, 1.807) is 15.9 Å². The van der Waals surface area contributed by atoms with Crippen LogP contribution in [-0.2, 0) is 27.2 Å². The summed E-state index contributed by atoms with van der Waals surface area (Å²) in [6, 6.07) is 7.98. The van der Waals surface area contributed by atoms with Crippen LogP contribution in [0.1, 0.15) is 43.7 Å². The summed E-state index contributed by atoms with van der Waals surface area (Å²) in [6.07, 6.45) is 0.357. The first-order valence-corrected chi connectivity index (χ1v) is 12.8. The molecule has 32 heavy (non-hydrogen) atoms. The molecule has 0 atom stereocenters. The molecule has 3 heterocycles. The van der Waals surface area contributed by atoms with Gasteiger partial charge in [-0.3, -0.25) is 9.36 Å². The van der Waals surface area contributed by atoms with Crippen LogP contribution in [0.25, 0.3) is 15.9 Å². The van der Waals surface area contributed by atoms with E-state index >= 15 is 0 Å². The number of nitrogens with zero attached hydrogens (tertiary/aromatic N) is 2. The number of ether oxygens (including phenoxy) is 3. The van der Waals surface area contributed by atoms with Crippen LogP contribution >= 0.6 is 23.1 Å². The molecule has 0 spiro atoms. The van der Waals surface area contributed by atoms with Gasteiger partial charge in [-0.25, -0.2) is 4.98 Å². The summed E-state index contributed by atoms with van der Waals surface area (Å²) in [5, 5.41) is 1.37. The third kappa shape index (κ3) is 4.79. The maximum atomic E-state index is 13.9. The summed E-state index contributed by atoms with van der Waals surface area (Å²) < 4.78 is 19.1. The van der Waals surface area contributed by atoms with Gasteiger partial charge in [0.2, 0.25) is 0 Å². The van der Waals surface area contributed by atoms with Gasteiger partial charge < -0.3 is 14.2 Å². The molecule has 172 valence electrons. The average molecular weight is 475 g/mol. The molecule has 0 saturated heterocycles. The lowest BCUT2D eigenvalue weighted by Crippen LogP contribution is -2.32. The van der Waals surface area contributed by atoms with E-state index in [1.165, 1.54) is 11.8 Å². The van der Waals surface area contributed by atoms with Crippen molar-refractivity contribution in [1.82, 2.24) is 9.55 Å². The Bertz CT molecular complexity index is 1160. The van der Waals surface area contributed by atoms with E-state index in [-0.39, 0.29) is 17.5 Å². The zero-order valence-corrected chi connectivity index (χ0v) is 20.9. The van der Waals surface area contributed by atoms with Gasteiger partial charge >= 0.3 is 0 Å². The van der Waals surface area contributed by atoms with E-state index in [2.05, 4.69) is 13.8 Å². The Morgan fingerprint density at radius 3 is 2.72 bits per heavy atom. The first kappa shape index (κ1) is 23.4. The number of fused-ring (bicyclic) bond motifs is 3. The van der Waals surface area contributed by atoms with Gasteiger partial charge in [0, 0.05) is 24.5 Å². The van der Waals surface area contributed by atoms with Gasteiger partial charge in [-0.15, -0.1) is 11.3 Å². The Morgan fingerprint density at radius 2 is 2.03 bits per heavy atom. The molecule has 0 unspecified atom stereocenters. The van der Waals surface area contributed by atoms with Crippen molar-refractivity contribution < 1.29 is 14.2 Å². The fourth-order valence-electron chi connectivity index (χ4n) is 3.92. The molecule has 0 amide bonds. The van der Waals surface area contributed by atoms with Gasteiger partial charge in [0.05, 0.1) is 29.0 Å². The SMILES string of the molecule is CCOC(CSc1nc2sc3c(c2c(=O)n1-c1cccc(C)c1)CC(C)(C)OC3)OCC. The molecule has 0 radical (unpaired) electrons. The number of aryl methyl sites for hydroxylation is 1. The highest BCUT2D eigenvalue weighted by Crippen LogP contribution is 2.38. The highest BCUT2D eigenvalue weighted by molar-refractivity contribution is 7.99. The lowest BCUT2D eigenvalue weighted by Gasteiger charge is -2.30. The molecule has 0 saturated carbocycles.